The minimum Gasteiger partial charge on any atom is -0.395 e. The largest absolute Gasteiger partial charge is 0.395 e. The van der Waals surface area contributed by atoms with Crippen molar-refractivity contribution in [1.29, 1.82) is 5.26 Å². The van der Waals surface area contributed by atoms with Gasteiger partial charge in [0.05, 0.1) is 24.7 Å². The van der Waals surface area contributed by atoms with Gasteiger partial charge in [-0.25, -0.2) is 0 Å². The first kappa shape index (κ1) is 23.2. The number of aromatic nitrogens is 1. The molecule has 6 heteroatoms. The van der Waals surface area contributed by atoms with Crippen molar-refractivity contribution in [2.24, 2.45) is 0 Å². The van der Waals surface area contributed by atoms with Crippen molar-refractivity contribution in [2.45, 2.75) is 37.3 Å². The molecular weight excluding hydrogens is 436 g/mol. The number of pyridine rings is 1. The topological polar surface area (TPSA) is 80.5 Å². The van der Waals surface area contributed by atoms with E-state index in [4.69, 9.17) is 0 Å². The van der Waals surface area contributed by atoms with Gasteiger partial charge in [0.1, 0.15) is 0 Å². The number of amides is 1. The van der Waals surface area contributed by atoms with Crippen molar-refractivity contribution < 1.29 is 9.90 Å². The van der Waals surface area contributed by atoms with Gasteiger partial charge in [0.15, 0.2) is 0 Å². The number of fused-ring (bicyclic) bond motifs is 1. The second kappa shape index (κ2) is 10.4. The number of rotatable bonds is 5. The molecule has 3 heterocycles. The molecule has 2 fully saturated rings. The quantitative estimate of drug-likeness (QED) is 0.621. The smallest absolute Gasteiger partial charge is 0.227 e. The molecule has 0 bridgehead atoms. The SMILES string of the molecule is N#Cc1cccc(-c2ccc([C@@H]3[C@H](CO)N4CCCCN(C(=O)Cc5ccncc5)C[C@@H]34)cc2)c1. The Kier molecular flexibility index (Phi) is 6.89. The third-order valence-electron chi connectivity index (χ3n) is 7.45. The van der Waals surface area contributed by atoms with Crippen LogP contribution in [-0.2, 0) is 11.2 Å². The van der Waals surface area contributed by atoms with Gasteiger partial charge >= 0.3 is 0 Å². The molecule has 3 aromatic rings. The summed E-state index contributed by atoms with van der Waals surface area (Å²) in [6.07, 6.45) is 5.84. The third kappa shape index (κ3) is 4.84. The molecular formula is C29H30N4O2. The fraction of sp³-hybridized carbons (Fsp3) is 0.345. The zero-order valence-corrected chi connectivity index (χ0v) is 19.8. The first-order valence-corrected chi connectivity index (χ1v) is 12.3. The number of nitrogens with zero attached hydrogens (tertiary/aromatic N) is 4. The van der Waals surface area contributed by atoms with Crippen LogP contribution in [-0.4, -0.2) is 64.1 Å². The standard InChI is InChI=1S/C29H30N4O2/c30-18-22-4-3-5-25(16-22)23-6-8-24(9-7-23)29-26-19-32(14-1-2-15-33(26)27(29)20-34)28(35)17-21-10-12-31-13-11-21/h3-13,16,26-27,29,34H,1-2,14-15,17,19-20H2/t26-,27-,29-/m0/s1. The molecule has 0 spiro atoms. The first-order chi connectivity index (χ1) is 17.2. The molecule has 0 aliphatic carbocycles. The van der Waals surface area contributed by atoms with Gasteiger partial charge in [0.2, 0.25) is 5.91 Å². The summed E-state index contributed by atoms with van der Waals surface area (Å²) in [6, 6.07) is 22.4. The monoisotopic (exact) mass is 466 g/mol. The number of carbonyl (C=O) groups is 1. The molecule has 2 aliphatic heterocycles. The zero-order chi connectivity index (χ0) is 24.2. The summed E-state index contributed by atoms with van der Waals surface area (Å²) in [5, 5.41) is 19.4. The van der Waals surface area contributed by atoms with Crippen molar-refractivity contribution in [3.8, 4) is 17.2 Å². The van der Waals surface area contributed by atoms with E-state index in [9.17, 15) is 15.2 Å². The van der Waals surface area contributed by atoms with E-state index in [1.165, 1.54) is 5.56 Å². The van der Waals surface area contributed by atoms with Crippen LogP contribution in [0.1, 0.15) is 35.4 Å². The average molecular weight is 467 g/mol. The van der Waals surface area contributed by atoms with Gasteiger partial charge in [-0.2, -0.15) is 5.26 Å². The Balaban J connectivity index is 1.35. The van der Waals surface area contributed by atoms with Gasteiger partial charge in [-0.3, -0.25) is 14.7 Å². The summed E-state index contributed by atoms with van der Waals surface area (Å²) in [5.74, 6) is 0.325. The van der Waals surface area contributed by atoms with Crippen molar-refractivity contribution in [3.63, 3.8) is 0 Å². The summed E-state index contributed by atoms with van der Waals surface area (Å²) in [4.78, 5) is 21.6. The fourth-order valence-corrected chi connectivity index (χ4v) is 5.62. The van der Waals surface area contributed by atoms with Crippen molar-refractivity contribution in [1.82, 2.24) is 14.8 Å². The fourth-order valence-electron chi connectivity index (χ4n) is 5.62. The number of aliphatic hydroxyl groups is 1. The average Bonchev–Trinajstić information content (AvgIpc) is 2.88. The van der Waals surface area contributed by atoms with E-state index in [0.717, 1.165) is 42.6 Å². The van der Waals surface area contributed by atoms with Crippen LogP contribution in [0.25, 0.3) is 11.1 Å². The van der Waals surface area contributed by atoms with Gasteiger partial charge in [-0.15, -0.1) is 0 Å². The maximum absolute atomic E-state index is 13.2. The molecule has 2 saturated heterocycles. The zero-order valence-electron chi connectivity index (χ0n) is 19.8. The minimum atomic E-state index is 0.0722. The van der Waals surface area contributed by atoms with Crippen LogP contribution >= 0.6 is 0 Å². The molecule has 1 aromatic heterocycles. The van der Waals surface area contributed by atoms with Crippen molar-refractivity contribution in [3.05, 3.63) is 89.7 Å². The highest BCUT2D eigenvalue weighted by Gasteiger charge is 2.49. The molecule has 0 saturated carbocycles. The lowest BCUT2D eigenvalue weighted by atomic mass is 9.74. The number of nitriles is 1. The number of carbonyl (C=O) groups excluding carboxylic acids is 1. The molecule has 0 radical (unpaired) electrons. The van der Waals surface area contributed by atoms with E-state index in [-0.39, 0.29) is 30.5 Å². The molecule has 1 amide bonds. The van der Waals surface area contributed by atoms with Gasteiger partial charge in [0, 0.05) is 43.5 Å². The van der Waals surface area contributed by atoms with Crippen LogP contribution in [0.4, 0.5) is 0 Å². The van der Waals surface area contributed by atoms with Crippen molar-refractivity contribution >= 4 is 5.91 Å². The molecule has 6 nitrogen and oxygen atoms in total. The predicted octanol–water partition coefficient (Wildman–Crippen LogP) is 3.61. The molecule has 5 rings (SSSR count). The summed E-state index contributed by atoms with van der Waals surface area (Å²) in [6.45, 7) is 2.52. The van der Waals surface area contributed by atoms with Gasteiger partial charge < -0.3 is 10.0 Å². The summed E-state index contributed by atoms with van der Waals surface area (Å²) < 4.78 is 0. The van der Waals surface area contributed by atoms with E-state index < -0.39 is 0 Å². The lowest BCUT2D eigenvalue weighted by Crippen LogP contribution is -2.68. The van der Waals surface area contributed by atoms with Crippen molar-refractivity contribution in [2.75, 3.05) is 26.2 Å². The highest BCUT2D eigenvalue weighted by Crippen LogP contribution is 2.42. The van der Waals surface area contributed by atoms with Gasteiger partial charge in [-0.1, -0.05) is 36.4 Å². The Labute approximate surface area is 206 Å². The lowest BCUT2D eigenvalue weighted by molar-refractivity contribution is -0.135. The highest BCUT2D eigenvalue weighted by molar-refractivity contribution is 5.78. The molecule has 1 N–H and O–H groups in total. The number of hydrogen-bond donors (Lipinski definition) is 1. The van der Waals surface area contributed by atoms with Crippen LogP contribution in [0.15, 0.2) is 73.1 Å². The Hall–Kier alpha value is -3.53. The summed E-state index contributed by atoms with van der Waals surface area (Å²) >= 11 is 0. The van der Waals surface area contributed by atoms with Crippen LogP contribution in [0, 0.1) is 11.3 Å². The Morgan fingerprint density at radius 1 is 1.03 bits per heavy atom. The lowest BCUT2D eigenvalue weighted by Gasteiger charge is -2.57. The minimum absolute atomic E-state index is 0.0722. The summed E-state index contributed by atoms with van der Waals surface area (Å²) in [5.41, 5.74) is 4.90. The van der Waals surface area contributed by atoms with E-state index >= 15 is 0 Å². The first-order valence-electron chi connectivity index (χ1n) is 12.3. The third-order valence-corrected chi connectivity index (χ3v) is 7.45. The molecule has 2 aliphatic rings. The maximum atomic E-state index is 13.2. The highest BCUT2D eigenvalue weighted by atomic mass is 16.3. The number of aliphatic hydroxyl groups excluding tert-OH is 1. The van der Waals surface area contributed by atoms with Crippen LogP contribution in [0.2, 0.25) is 0 Å². The molecule has 35 heavy (non-hydrogen) atoms. The Morgan fingerprint density at radius 2 is 1.80 bits per heavy atom. The van der Waals surface area contributed by atoms with E-state index in [2.05, 4.69) is 40.2 Å². The van der Waals surface area contributed by atoms with Gasteiger partial charge in [0.25, 0.3) is 0 Å². The Morgan fingerprint density at radius 3 is 2.54 bits per heavy atom. The second-order valence-corrected chi connectivity index (χ2v) is 9.47. The van der Waals surface area contributed by atoms with Crippen LogP contribution in [0.5, 0.6) is 0 Å². The predicted molar refractivity (Wildman–Crippen MR) is 134 cm³/mol. The molecule has 3 atom stereocenters. The summed E-state index contributed by atoms with van der Waals surface area (Å²) in [7, 11) is 0. The number of hydrogen-bond acceptors (Lipinski definition) is 5. The Bertz CT molecular complexity index is 1210. The normalized spacial score (nSPS) is 22.3. The molecule has 2 aromatic carbocycles. The van der Waals surface area contributed by atoms with E-state index in [0.29, 0.717) is 18.5 Å². The maximum Gasteiger partial charge on any atom is 0.227 e. The van der Waals surface area contributed by atoms with Gasteiger partial charge in [-0.05, 0) is 65.9 Å². The van der Waals surface area contributed by atoms with Crippen LogP contribution in [0.3, 0.4) is 0 Å². The molecule has 178 valence electrons. The molecule has 0 unspecified atom stereocenters. The second-order valence-electron chi connectivity index (χ2n) is 9.47. The van der Waals surface area contributed by atoms with Crippen LogP contribution < -0.4 is 0 Å². The number of benzene rings is 2. The van der Waals surface area contributed by atoms with E-state index in [1.54, 1.807) is 12.4 Å². The van der Waals surface area contributed by atoms with E-state index in [1.807, 2.05) is 41.3 Å².